The Bertz CT molecular complexity index is 207. The highest BCUT2D eigenvalue weighted by molar-refractivity contribution is 9.09. The van der Waals surface area contributed by atoms with Crippen molar-refractivity contribution in [3.8, 4) is 0 Å². The van der Waals surface area contributed by atoms with Crippen LogP contribution in [0.4, 0.5) is 0 Å². The van der Waals surface area contributed by atoms with Crippen LogP contribution in [0.5, 0.6) is 0 Å². The molecule has 16 heavy (non-hydrogen) atoms. The van der Waals surface area contributed by atoms with E-state index in [2.05, 4.69) is 27.1 Å². The molecular weight excluding hydrogens is 286 g/mol. The molecule has 0 heterocycles. The first-order valence-electron chi connectivity index (χ1n) is 6.14. The summed E-state index contributed by atoms with van der Waals surface area (Å²) in [6, 6.07) is 0.514. The molecule has 0 aromatic rings. The zero-order valence-corrected chi connectivity index (χ0v) is 12.5. The Morgan fingerprint density at radius 1 is 1.38 bits per heavy atom. The van der Waals surface area contributed by atoms with Gasteiger partial charge in [-0.3, -0.25) is 4.79 Å². The van der Waals surface area contributed by atoms with Gasteiger partial charge in [-0.2, -0.15) is 11.8 Å². The van der Waals surface area contributed by atoms with Crippen LogP contribution in [0.2, 0.25) is 0 Å². The summed E-state index contributed by atoms with van der Waals surface area (Å²) in [6.07, 6.45) is 9.10. The average molecular weight is 308 g/mol. The van der Waals surface area contributed by atoms with Gasteiger partial charge in [-0.25, -0.2) is 0 Å². The van der Waals surface area contributed by atoms with Gasteiger partial charge >= 0.3 is 0 Å². The fourth-order valence-corrected chi connectivity index (χ4v) is 3.09. The number of hydrogen-bond donors (Lipinski definition) is 0. The lowest BCUT2D eigenvalue weighted by molar-refractivity contribution is -0.133. The monoisotopic (exact) mass is 307 g/mol. The van der Waals surface area contributed by atoms with Crippen LogP contribution in [0, 0.1) is 0 Å². The number of nitrogens with zero attached hydrogens (tertiary/aromatic N) is 1. The van der Waals surface area contributed by atoms with Crippen LogP contribution in [0.25, 0.3) is 0 Å². The minimum atomic E-state index is 0.348. The Kier molecular flexibility index (Phi) is 7.54. The van der Waals surface area contributed by atoms with Crippen LogP contribution < -0.4 is 0 Å². The van der Waals surface area contributed by atoms with Gasteiger partial charge in [-0.05, 0) is 19.1 Å². The van der Waals surface area contributed by atoms with E-state index in [4.69, 9.17) is 0 Å². The minimum absolute atomic E-state index is 0.348. The van der Waals surface area contributed by atoms with Gasteiger partial charge in [-0.1, -0.05) is 35.2 Å². The number of amides is 1. The molecule has 0 aromatic heterocycles. The first-order valence-corrected chi connectivity index (χ1v) is 8.65. The summed E-state index contributed by atoms with van der Waals surface area (Å²) in [5, 5.41) is 0.897. The van der Waals surface area contributed by atoms with Crippen molar-refractivity contribution < 1.29 is 4.79 Å². The smallest absolute Gasteiger partial charge is 0.223 e. The summed E-state index contributed by atoms with van der Waals surface area (Å²) in [5.41, 5.74) is 0. The van der Waals surface area contributed by atoms with Crippen molar-refractivity contribution >= 4 is 33.6 Å². The Morgan fingerprint density at radius 3 is 2.62 bits per heavy atom. The fraction of sp³-hybridized carbons (Fsp3) is 0.917. The highest BCUT2D eigenvalue weighted by Gasteiger charge is 2.24. The molecule has 4 heteroatoms. The Labute approximate surface area is 112 Å². The van der Waals surface area contributed by atoms with Gasteiger partial charge in [-0.15, -0.1) is 0 Å². The van der Waals surface area contributed by atoms with Gasteiger partial charge < -0.3 is 4.90 Å². The average Bonchev–Trinajstić information content (AvgIpc) is 2.34. The molecule has 0 unspecified atom stereocenters. The van der Waals surface area contributed by atoms with E-state index in [9.17, 15) is 4.79 Å². The van der Waals surface area contributed by atoms with Gasteiger partial charge in [0.25, 0.3) is 0 Å². The molecule has 0 aliphatic heterocycles. The predicted molar refractivity (Wildman–Crippen MR) is 75.4 cm³/mol. The molecule has 1 fully saturated rings. The molecule has 0 bridgehead atoms. The molecule has 0 spiro atoms. The number of hydrogen-bond acceptors (Lipinski definition) is 2. The second-order valence-corrected chi connectivity index (χ2v) is 6.09. The fourth-order valence-electron chi connectivity index (χ4n) is 2.33. The van der Waals surface area contributed by atoms with Gasteiger partial charge in [0.05, 0.1) is 0 Å². The summed E-state index contributed by atoms with van der Waals surface area (Å²) in [6.45, 7) is 0.873. The van der Waals surface area contributed by atoms with Crippen molar-refractivity contribution in [1.29, 1.82) is 0 Å². The Morgan fingerprint density at radius 2 is 2.06 bits per heavy atom. The lowest BCUT2D eigenvalue weighted by Gasteiger charge is -2.34. The number of rotatable bonds is 6. The van der Waals surface area contributed by atoms with Crippen LogP contribution >= 0.6 is 27.7 Å². The Hall–Kier alpha value is 0.300. The molecule has 1 aliphatic carbocycles. The normalized spacial score (nSPS) is 17.4. The molecule has 1 amide bonds. The molecule has 2 nitrogen and oxygen atoms in total. The van der Waals surface area contributed by atoms with Gasteiger partial charge in [0.1, 0.15) is 0 Å². The third kappa shape index (κ3) is 4.66. The molecular formula is C12H22BrNOS. The van der Waals surface area contributed by atoms with Crippen molar-refractivity contribution in [1.82, 2.24) is 4.90 Å². The van der Waals surface area contributed by atoms with Crippen LogP contribution in [-0.4, -0.2) is 40.7 Å². The largest absolute Gasteiger partial charge is 0.339 e. The zero-order valence-electron chi connectivity index (χ0n) is 10.1. The van der Waals surface area contributed by atoms with Crippen LogP contribution in [-0.2, 0) is 4.79 Å². The zero-order chi connectivity index (χ0) is 11.8. The lowest BCUT2D eigenvalue weighted by Crippen LogP contribution is -2.42. The van der Waals surface area contributed by atoms with E-state index in [-0.39, 0.29) is 0 Å². The first-order chi connectivity index (χ1) is 7.79. The maximum atomic E-state index is 12.1. The van der Waals surface area contributed by atoms with Crippen molar-refractivity contribution in [2.45, 2.75) is 44.6 Å². The summed E-state index contributed by atoms with van der Waals surface area (Å²) < 4.78 is 0. The number of alkyl halides is 1. The van der Waals surface area contributed by atoms with Crippen LogP contribution in [0.3, 0.4) is 0 Å². The molecule has 1 rings (SSSR count). The predicted octanol–water partition coefficient (Wildman–Crippen LogP) is 3.30. The quantitative estimate of drug-likeness (QED) is 0.702. The van der Waals surface area contributed by atoms with E-state index >= 15 is 0 Å². The van der Waals surface area contributed by atoms with E-state index in [1.165, 1.54) is 32.1 Å². The molecule has 0 N–H and O–H groups in total. The number of halogens is 1. The SMILES string of the molecule is CSCCC(=O)N(CCBr)C1CCCCC1. The summed E-state index contributed by atoms with van der Waals surface area (Å²) in [7, 11) is 0. The van der Waals surface area contributed by atoms with Crippen molar-refractivity contribution in [2.75, 3.05) is 23.9 Å². The molecule has 0 atom stereocenters. The maximum Gasteiger partial charge on any atom is 0.223 e. The number of carbonyl (C=O) groups excluding carboxylic acids is 1. The van der Waals surface area contributed by atoms with E-state index in [0.717, 1.165) is 17.6 Å². The first kappa shape index (κ1) is 14.4. The molecule has 0 aromatic carbocycles. The molecule has 94 valence electrons. The van der Waals surface area contributed by atoms with E-state index in [1.807, 2.05) is 0 Å². The highest BCUT2D eigenvalue weighted by Crippen LogP contribution is 2.23. The van der Waals surface area contributed by atoms with E-state index in [0.29, 0.717) is 18.4 Å². The number of carbonyl (C=O) groups is 1. The standard InChI is InChI=1S/C12H22BrNOS/c1-16-10-7-12(15)14(9-8-13)11-5-3-2-4-6-11/h11H,2-10H2,1H3. The maximum absolute atomic E-state index is 12.1. The second kappa shape index (κ2) is 8.40. The molecule has 0 saturated heterocycles. The van der Waals surface area contributed by atoms with Gasteiger partial charge in [0.2, 0.25) is 5.91 Å². The minimum Gasteiger partial charge on any atom is -0.339 e. The van der Waals surface area contributed by atoms with E-state index < -0.39 is 0 Å². The van der Waals surface area contributed by atoms with Crippen molar-refractivity contribution in [2.24, 2.45) is 0 Å². The Balaban J connectivity index is 2.47. The lowest BCUT2D eigenvalue weighted by atomic mass is 9.94. The second-order valence-electron chi connectivity index (χ2n) is 4.31. The molecule has 1 aliphatic rings. The highest BCUT2D eigenvalue weighted by atomic mass is 79.9. The molecule has 0 radical (unpaired) electrons. The van der Waals surface area contributed by atoms with Crippen LogP contribution in [0.1, 0.15) is 38.5 Å². The summed E-state index contributed by atoms with van der Waals surface area (Å²) in [5.74, 6) is 1.30. The number of thioether (sulfide) groups is 1. The molecule has 1 saturated carbocycles. The summed E-state index contributed by atoms with van der Waals surface area (Å²) in [4.78, 5) is 14.2. The topological polar surface area (TPSA) is 20.3 Å². The van der Waals surface area contributed by atoms with Gasteiger partial charge in [0, 0.05) is 30.1 Å². The van der Waals surface area contributed by atoms with Crippen molar-refractivity contribution in [3.05, 3.63) is 0 Å². The summed E-state index contributed by atoms with van der Waals surface area (Å²) >= 11 is 5.21. The van der Waals surface area contributed by atoms with Gasteiger partial charge in [0.15, 0.2) is 0 Å². The third-order valence-corrected chi connectivity index (χ3v) is 4.15. The van der Waals surface area contributed by atoms with Crippen LogP contribution in [0.15, 0.2) is 0 Å². The van der Waals surface area contributed by atoms with Crippen molar-refractivity contribution in [3.63, 3.8) is 0 Å². The third-order valence-electron chi connectivity index (χ3n) is 3.18. The van der Waals surface area contributed by atoms with E-state index in [1.54, 1.807) is 11.8 Å².